The largest absolute Gasteiger partial charge is 0.489 e. The fraction of sp³-hybridized carbons (Fsp3) is 0.455. The molecule has 1 atom stereocenters. The van der Waals surface area contributed by atoms with Gasteiger partial charge in [0.2, 0.25) is 0 Å². The zero-order valence-electron chi connectivity index (χ0n) is 15.1. The predicted octanol–water partition coefficient (Wildman–Crippen LogP) is 5.71. The standard InChI is InChI=1S/C22H31NO/c1-3-5-12-21(9-4-2)23-17-19-13-15-22(16-14-19)24-18-20-10-7-6-8-11-20/h6-8,10-11,13-16,21,23H,3-5,9,12,17-18H2,1-2H3. The van der Waals surface area contributed by atoms with Crippen molar-refractivity contribution in [3.05, 3.63) is 65.7 Å². The predicted molar refractivity (Wildman–Crippen MR) is 102 cm³/mol. The first kappa shape index (κ1) is 18.5. The lowest BCUT2D eigenvalue weighted by molar-refractivity contribution is 0.306. The lowest BCUT2D eigenvalue weighted by Gasteiger charge is -2.18. The quantitative estimate of drug-likeness (QED) is 0.571. The molecule has 0 aliphatic heterocycles. The van der Waals surface area contributed by atoms with E-state index in [1.807, 2.05) is 18.2 Å². The number of hydrogen-bond donors (Lipinski definition) is 1. The molecular weight excluding hydrogens is 294 g/mol. The highest BCUT2D eigenvalue weighted by molar-refractivity contribution is 5.27. The van der Waals surface area contributed by atoms with Crippen LogP contribution in [0.15, 0.2) is 54.6 Å². The van der Waals surface area contributed by atoms with Crippen molar-refractivity contribution in [1.29, 1.82) is 0 Å². The average Bonchev–Trinajstić information content (AvgIpc) is 2.64. The first-order valence-corrected chi connectivity index (χ1v) is 9.30. The third kappa shape index (κ3) is 6.76. The molecule has 24 heavy (non-hydrogen) atoms. The summed E-state index contributed by atoms with van der Waals surface area (Å²) in [5.74, 6) is 0.929. The molecule has 0 saturated carbocycles. The van der Waals surface area contributed by atoms with Gasteiger partial charge in [-0.15, -0.1) is 0 Å². The maximum atomic E-state index is 5.84. The normalized spacial score (nSPS) is 12.1. The Morgan fingerprint density at radius 1 is 0.833 bits per heavy atom. The van der Waals surface area contributed by atoms with E-state index in [-0.39, 0.29) is 0 Å². The average molecular weight is 325 g/mol. The zero-order chi connectivity index (χ0) is 17.0. The molecule has 2 aromatic carbocycles. The molecule has 2 nitrogen and oxygen atoms in total. The Kier molecular flexibility index (Phi) is 8.40. The van der Waals surface area contributed by atoms with Crippen LogP contribution < -0.4 is 10.1 Å². The summed E-state index contributed by atoms with van der Waals surface area (Å²) in [6.45, 7) is 6.08. The summed E-state index contributed by atoms with van der Waals surface area (Å²) in [7, 11) is 0. The van der Waals surface area contributed by atoms with Crippen LogP contribution in [-0.2, 0) is 13.2 Å². The molecule has 1 unspecified atom stereocenters. The third-order valence-corrected chi connectivity index (χ3v) is 4.31. The Bertz CT molecular complexity index is 550. The molecule has 0 radical (unpaired) electrons. The summed E-state index contributed by atoms with van der Waals surface area (Å²) in [6.07, 6.45) is 6.37. The molecule has 0 saturated heterocycles. The summed E-state index contributed by atoms with van der Waals surface area (Å²) in [4.78, 5) is 0. The summed E-state index contributed by atoms with van der Waals surface area (Å²) in [5, 5.41) is 3.71. The van der Waals surface area contributed by atoms with Gasteiger partial charge >= 0.3 is 0 Å². The number of hydrogen-bond acceptors (Lipinski definition) is 2. The second-order valence-corrected chi connectivity index (χ2v) is 6.43. The fourth-order valence-electron chi connectivity index (χ4n) is 2.85. The third-order valence-electron chi connectivity index (χ3n) is 4.31. The molecule has 0 aromatic heterocycles. The Morgan fingerprint density at radius 3 is 2.25 bits per heavy atom. The Balaban J connectivity index is 1.78. The van der Waals surface area contributed by atoms with Crippen molar-refractivity contribution in [3.63, 3.8) is 0 Å². The van der Waals surface area contributed by atoms with Gasteiger partial charge in [0, 0.05) is 12.6 Å². The fourth-order valence-corrected chi connectivity index (χ4v) is 2.85. The molecule has 0 heterocycles. The second kappa shape index (κ2) is 10.9. The lowest BCUT2D eigenvalue weighted by Crippen LogP contribution is -2.28. The Labute approximate surface area is 147 Å². The molecular formula is C22H31NO. The molecule has 0 spiro atoms. The minimum absolute atomic E-state index is 0.619. The van der Waals surface area contributed by atoms with Gasteiger partial charge in [-0.2, -0.15) is 0 Å². The van der Waals surface area contributed by atoms with Crippen LogP contribution in [0.25, 0.3) is 0 Å². The molecule has 0 amide bonds. The summed E-state index contributed by atoms with van der Waals surface area (Å²) in [6, 6.07) is 19.4. The summed E-state index contributed by atoms with van der Waals surface area (Å²) in [5.41, 5.74) is 2.52. The van der Waals surface area contributed by atoms with Crippen molar-refractivity contribution in [3.8, 4) is 5.75 Å². The van der Waals surface area contributed by atoms with Crippen molar-refractivity contribution >= 4 is 0 Å². The second-order valence-electron chi connectivity index (χ2n) is 6.43. The SMILES string of the molecule is CCCCC(CCC)NCc1ccc(OCc2ccccc2)cc1. The maximum Gasteiger partial charge on any atom is 0.119 e. The summed E-state index contributed by atoms with van der Waals surface area (Å²) < 4.78 is 5.84. The topological polar surface area (TPSA) is 21.3 Å². The van der Waals surface area contributed by atoms with Crippen LogP contribution in [0.4, 0.5) is 0 Å². The molecule has 2 aromatic rings. The van der Waals surface area contributed by atoms with Gasteiger partial charge in [-0.3, -0.25) is 0 Å². The van der Waals surface area contributed by atoms with Gasteiger partial charge in [0.15, 0.2) is 0 Å². The highest BCUT2D eigenvalue weighted by Gasteiger charge is 2.06. The Morgan fingerprint density at radius 2 is 1.58 bits per heavy atom. The van der Waals surface area contributed by atoms with Crippen molar-refractivity contribution in [2.45, 2.75) is 65.1 Å². The molecule has 130 valence electrons. The number of ether oxygens (including phenoxy) is 1. The van der Waals surface area contributed by atoms with Crippen LogP contribution in [0.3, 0.4) is 0 Å². The lowest BCUT2D eigenvalue weighted by atomic mass is 10.0. The Hall–Kier alpha value is -1.80. The molecule has 0 aliphatic rings. The van der Waals surface area contributed by atoms with Gasteiger partial charge in [-0.05, 0) is 36.1 Å². The monoisotopic (exact) mass is 325 g/mol. The van der Waals surface area contributed by atoms with Crippen LogP contribution in [0, 0.1) is 0 Å². The van der Waals surface area contributed by atoms with Crippen molar-refractivity contribution in [2.75, 3.05) is 0 Å². The van der Waals surface area contributed by atoms with Crippen LogP contribution >= 0.6 is 0 Å². The van der Waals surface area contributed by atoms with E-state index in [9.17, 15) is 0 Å². The molecule has 0 bridgehead atoms. The molecule has 0 aliphatic carbocycles. The van der Waals surface area contributed by atoms with E-state index in [0.717, 1.165) is 12.3 Å². The number of rotatable bonds is 11. The first-order valence-electron chi connectivity index (χ1n) is 9.30. The molecule has 2 rings (SSSR count). The van der Waals surface area contributed by atoms with E-state index in [1.54, 1.807) is 0 Å². The van der Waals surface area contributed by atoms with Gasteiger partial charge in [0.25, 0.3) is 0 Å². The van der Waals surface area contributed by atoms with Crippen LogP contribution in [0.5, 0.6) is 5.75 Å². The van der Waals surface area contributed by atoms with E-state index in [0.29, 0.717) is 12.6 Å². The maximum absolute atomic E-state index is 5.84. The van der Waals surface area contributed by atoms with Crippen molar-refractivity contribution < 1.29 is 4.74 Å². The smallest absolute Gasteiger partial charge is 0.119 e. The minimum atomic E-state index is 0.619. The van der Waals surface area contributed by atoms with Crippen LogP contribution in [0.1, 0.15) is 57.1 Å². The highest BCUT2D eigenvalue weighted by atomic mass is 16.5. The van der Waals surface area contributed by atoms with Gasteiger partial charge in [0.1, 0.15) is 12.4 Å². The first-order chi connectivity index (χ1) is 11.8. The number of benzene rings is 2. The van der Waals surface area contributed by atoms with E-state index >= 15 is 0 Å². The van der Waals surface area contributed by atoms with Gasteiger partial charge in [-0.25, -0.2) is 0 Å². The van der Waals surface area contributed by atoms with Gasteiger partial charge in [0.05, 0.1) is 0 Å². The van der Waals surface area contributed by atoms with Crippen molar-refractivity contribution in [1.82, 2.24) is 5.32 Å². The van der Waals surface area contributed by atoms with Crippen molar-refractivity contribution in [2.24, 2.45) is 0 Å². The van der Waals surface area contributed by atoms with E-state index in [4.69, 9.17) is 4.74 Å². The summed E-state index contributed by atoms with van der Waals surface area (Å²) >= 11 is 0. The number of unbranched alkanes of at least 4 members (excludes halogenated alkanes) is 1. The van der Waals surface area contributed by atoms with E-state index < -0.39 is 0 Å². The molecule has 0 fully saturated rings. The zero-order valence-corrected chi connectivity index (χ0v) is 15.1. The van der Waals surface area contributed by atoms with E-state index in [2.05, 4.69) is 55.6 Å². The van der Waals surface area contributed by atoms with Crippen LogP contribution in [0.2, 0.25) is 0 Å². The number of nitrogens with one attached hydrogen (secondary N) is 1. The highest BCUT2D eigenvalue weighted by Crippen LogP contribution is 2.15. The minimum Gasteiger partial charge on any atom is -0.489 e. The molecule has 1 N–H and O–H groups in total. The van der Waals surface area contributed by atoms with Crippen LogP contribution in [-0.4, -0.2) is 6.04 Å². The molecule has 2 heteroatoms. The van der Waals surface area contributed by atoms with Gasteiger partial charge in [-0.1, -0.05) is 75.6 Å². The van der Waals surface area contributed by atoms with E-state index in [1.165, 1.54) is 43.2 Å². The van der Waals surface area contributed by atoms with Gasteiger partial charge < -0.3 is 10.1 Å².